The molecular weight excluding hydrogens is 416 g/mol. The lowest BCUT2D eigenvalue weighted by atomic mass is 10.0. The fraction of sp³-hybridized carbons (Fsp3) is 0.867. The number of nitrogens with two attached hydrogens (primary N) is 3. The zero-order valence-corrected chi connectivity index (χ0v) is 24.4. The number of allylic oxidation sites excluding steroid dienone is 2. The minimum atomic E-state index is 0.162. The van der Waals surface area contributed by atoms with E-state index in [1.165, 1.54) is 103 Å². The Morgan fingerprint density at radius 1 is 0.618 bits per heavy atom. The summed E-state index contributed by atoms with van der Waals surface area (Å²) in [4.78, 5) is 0. The lowest BCUT2D eigenvalue weighted by Gasteiger charge is -2.07. The number of nitrogens with one attached hydrogen (secondary N) is 1. The molecule has 0 aromatic heterocycles. The SMILES string of the molecule is C=CC.C=CC.CC(N)CN.CCCCCCCCCCCCCCCCCCNCC(C)N. The Bertz CT molecular complexity index is 324. The van der Waals surface area contributed by atoms with Gasteiger partial charge < -0.3 is 22.5 Å². The summed E-state index contributed by atoms with van der Waals surface area (Å²) >= 11 is 0. The zero-order chi connectivity index (χ0) is 26.7. The predicted molar refractivity (Wildman–Crippen MR) is 161 cm³/mol. The van der Waals surface area contributed by atoms with Crippen LogP contribution in [0.4, 0.5) is 0 Å². The average molecular weight is 485 g/mol. The fourth-order valence-corrected chi connectivity index (χ4v) is 3.13. The van der Waals surface area contributed by atoms with Crippen LogP contribution in [0.3, 0.4) is 0 Å². The van der Waals surface area contributed by atoms with E-state index in [0.717, 1.165) is 13.1 Å². The first-order chi connectivity index (χ1) is 16.4. The maximum absolute atomic E-state index is 5.70. The number of hydrogen-bond acceptors (Lipinski definition) is 4. The Labute approximate surface area is 217 Å². The van der Waals surface area contributed by atoms with Crippen molar-refractivity contribution in [1.29, 1.82) is 0 Å². The van der Waals surface area contributed by atoms with Crippen LogP contribution < -0.4 is 22.5 Å². The highest BCUT2D eigenvalue weighted by Crippen LogP contribution is 2.13. The molecular formula is C30H68N4. The third-order valence-corrected chi connectivity index (χ3v) is 5.05. The largest absolute Gasteiger partial charge is 0.329 e. The summed E-state index contributed by atoms with van der Waals surface area (Å²) in [5.41, 5.74) is 15.9. The van der Waals surface area contributed by atoms with Gasteiger partial charge in [0.15, 0.2) is 0 Å². The van der Waals surface area contributed by atoms with Gasteiger partial charge in [-0.15, -0.1) is 13.2 Å². The van der Waals surface area contributed by atoms with Gasteiger partial charge in [-0.2, -0.15) is 0 Å². The normalized spacial score (nSPS) is 11.5. The van der Waals surface area contributed by atoms with E-state index in [1.807, 2.05) is 20.8 Å². The highest BCUT2D eigenvalue weighted by Gasteiger charge is 1.95. The molecule has 0 aromatic rings. The van der Waals surface area contributed by atoms with Crippen LogP contribution in [0.2, 0.25) is 0 Å². The molecule has 0 spiro atoms. The topological polar surface area (TPSA) is 90.1 Å². The first-order valence-electron chi connectivity index (χ1n) is 14.4. The molecule has 4 nitrogen and oxygen atoms in total. The molecule has 0 rings (SSSR count). The van der Waals surface area contributed by atoms with Gasteiger partial charge in [0.25, 0.3) is 0 Å². The third-order valence-electron chi connectivity index (χ3n) is 5.05. The van der Waals surface area contributed by atoms with Crippen LogP contribution in [0.25, 0.3) is 0 Å². The molecule has 0 fully saturated rings. The average Bonchev–Trinajstić information content (AvgIpc) is 2.79. The minimum absolute atomic E-state index is 0.162. The van der Waals surface area contributed by atoms with Gasteiger partial charge in [-0.3, -0.25) is 0 Å². The lowest BCUT2D eigenvalue weighted by Crippen LogP contribution is -2.31. The van der Waals surface area contributed by atoms with E-state index in [9.17, 15) is 0 Å². The van der Waals surface area contributed by atoms with Crippen LogP contribution in [0.1, 0.15) is 137 Å². The van der Waals surface area contributed by atoms with Crippen molar-refractivity contribution < 1.29 is 0 Å². The molecule has 0 aliphatic carbocycles. The van der Waals surface area contributed by atoms with Crippen LogP contribution in [0.15, 0.2) is 25.3 Å². The highest BCUT2D eigenvalue weighted by atomic mass is 14.9. The molecule has 4 heteroatoms. The Morgan fingerprint density at radius 3 is 1.12 bits per heavy atom. The molecule has 34 heavy (non-hydrogen) atoms. The van der Waals surface area contributed by atoms with Gasteiger partial charge in [-0.05, 0) is 40.7 Å². The predicted octanol–water partition coefficient (Wildman–Crippen LogP) is 7.86. The quantitative estimate of drug-likeness (QED) is 0.104. The van der Waals surface area contributed by atoms with Gasteiger partial charge in [0.05, 0.1) is 0 Å². The fourth-order valence-electron chi connectivity index (χ4n) is 3.13. The van der Waals surface area contributed by atoms with Gasteiger partial charge in [0, 0.05) is 25.2 Å². The van der Waals surface area contributed by atoms with Crippen molar-refractivity contribution in [1.82, 2.24) is 5.32 Å². The highest BCUT2D eigenvalue weighted by molar-refractivity contribution is 4.57. The molecule has 2 atom stereocenters. The maximum Gasteiger partial charge on any atom is 0.0136 e. The molecule has 2 unspecified atom stereocenters. The van der Waals surface area contributed by atoms with Crippen LogP contribution in [0, 0.1) is 0 Å². The molecule has 0 saturated heterocycles. The number of unbranched alkanes of at least 4 members (excludes halogenated alkanes) is 15. The van der Waals surface area contributed by atoms with Crippen molar-refractivity contribution in [3.63, 3.8) is 0 Å². The van der Waals surface area contributed by atoms with Crippen molar-refractivity contribution in [2.75, 3.05) is 19.6 Å². The smallest absolute Gasteiger partial charge is 0.0136 e. The summed E-state index contributed by atoms with van der Waals surface area (Å²) in [6.07, 6.45) is 26.5. The van der Waals surface area contributed by atoms with Crippen LogP contribution in [-0.2, 0) is 0 Å². The molecule has 0 aliphatic heterocycles. The van der Waals surface area contributed by atoms with Crippen molar-refractivity contribution in [2.45, 2.75) is 149 Å². The van der Waals surface area contributed by atoms with E-state index in [0.29, 0.717) is 6.54 Å². The van der Waals surface area contributed by atoms with Crippen molar-refractivity contribution in [3.05, 3.63) is 25.3 Å². The zero-order valence-electron chi connectivity index (χ0n) is 24.4. The first-order valence-corrected chi connectivity index (χ1v) is 14.4. The van der Waals surface area contributed by atoms with Gasteiger partial charge in [-0.1, -0.05) is 115 Å². The summed E-state index contributed by atoms with van der Waals surface area (Å²) in [6.45, 7) is 19.4. The monoisotopic (exact) mass is 485 g/mol. The minimum Gasteiger partial charge on any atom is -0.329 e. The van der Waals surface area contributed by atoms with Crippen LogP contribution in [0.5, 0.6) is 0 Å². The standard InChI is InChI=1S/C21H46N2.C3H10N2.2C3H6/c1-3-4-5-6-7-8-9-10-11-12-13-14-15-16-17-18-19-23-20-21(2)22;1-3(5)2-4;2*1-3-2/h21,23H,3-20,22H2,1-2H3;3H,2,4-5H2,1H3;2*3H,1H2,2H3. The molecule has 0 saturated carbocycles. The van der Waals surface area contributed by atoms with Gasteiger partial charge in [-0.25, -0.2) is 0 Å². The first kappa shape index (κ1) is 40.5. The van der Waals surface area contributed by atoms with Gasteiger partial charge in [0.2, 0.25) is 0 Å². The van der Waals surface area contributed by atoms with E-state index in [-0.39, 0.29) is 12.1 Å². The molecule has 0 aliphatic rings. The molecule has 0 heterocycles. The van der Waals surface area contributed by atoms with E-state index in [4.69, 9.17) is 17.2 Å². The summed E-state index contributed by atoms with van der Waals surface area (Å²) in [5, 5.41) is 3.41. The Kier molecular flexibility index (Phi) is 50.6. The van der Waals surface area contributed by atoms with Gasteiger partial charge >= 0.3 is 0 Å². The summed E-state index contributed by atoms with van der Waals surface area (Å²) < 4.78 is 0. The second-order valence-corrected chi connectivity index (χ2v) is 9.51. The van der Waals surface area contributed by atoms with Crippen molar-refractivity contribution >= 4 is 0 Å². The van der Waals surface area contributed by atoms with Crippen molar-refractivity contribution in [2.24, 2.45) is 17.2 Å². The molecule has 7 N–H and O–H groups in total. The van der Waals surface area contributed by atoms with E-state index in [2.05, 4.69) is 32.3 Å². The van der Waals surface area contributed by atoms with Crippen LogP contribution >= 0.6 is 0 Å². The maximum atomic E-state index is 5.70. The van der Waals surface area contributed by atoms with Crippen molar-refractivity contribution in [3.8, 4) is 0 Å². The Morgan fingerprint density at radius 2 is 0.882 bits per heavy atom. The molecule has 0 aromatic carbocycles. The molecule has 208 valence electrons. The summed E-state index contributed by atoms with van der Waals surface area (Å²) in [7, 11) is 0. The van der Waals surface area contributed by atoms with E-state index in [1.54, 1.807) is 12.2 Å². The number of rotatable bonds is 20. The molecule has 0 bridgehead atoms. The Hall–Kier alpha value is -0.680. The summed E-state index contributed by atoms with van der Waals surface area (Å²) in [6, 6.07) is 0.450. The Balaban J connectivity index is -0.000000340. The van der Waals surface area contributed by atoms with E-state index >= 15 is 0 Å². The molecule has 0 radical (unpaired) electrons. The summed E-state index contributed by atoms with van der Waals surface area (Å²) in [5.74, 6) is 0. The third kappa shape index (κ3) is 63.3. The lowest BCUT2D eigenvalue weighted by molar-refractivity contribution is 0.522. The second-order valence-electron chi connectivity index (χ2n) is 9.51. The van der Waals surface area contributed by atoms with Gasteiger partial charge in [0.1, 0.15) is 0 Å². The molecule has 0 amide bonds. The second kappa shape index (κ2) is 42.5. The van der Waals surface area contributed by atoms with E-state index < -0.39 is 0 Å². The number of hydrogen-bond donors (Lipinski definition) is 4. The van der Waals surface area contributed by atoms with Crippen LogP contribution in [-0.4, -0.2) is 31.7 Å².